The van der Waals surface area contributed by atoms with Crippen LogP contribution >= 0.6 is 0 Å². The Morgan fingerprint density at radius 3 is 2.85 bits per heavy atom. The summed E-state index contributed by atoms with van der Waals surface area (Å²) in [5.74, 6) is 1.47. The third-order valence-electron chi connectivity index (χ3n) is 2.12. The highest BCUT2D eigenvalue weighted by atomic mass is 17.2. The van der Waals surface area contributed by atoms with Gasteiger partial charge in [-0.3, -0.25) is 0 Å². The van der Waals surface area contributed by atoms with E-state index in [0.717, 1.165) is 5.75 Å². The lowest BCUT2D eigenvalue weighted by Gasteiger charge is -2.07. The summed E-state index contributed by atoms with van der Waals surface area (Å²) in [6.45, 7) is 0.701. The van der Waals surface area contributed by atoms with Gasteiger partial charge in [0.1, 0.15) is 6.61 Å². The summed E-state index contributed by atoms with van der Waals surface area (Å²) < 4.78 is 0. The molecule has 1 aromatic rings. The van der Waals surface area contributed by atoms with E-state index in [2.05, 4.69) is 6.07 Å². The van der Waals surface area contributed by atoms with Gasteiger partial charge in [0.2, 0.25) is 0 Å². The highest BCUT2D eigenvalue weighted by Crippen LogP contribution is 2.51. The third kappa shape index (κ3) is 1.41. The Labute approximate surface area is 76.0 Å². The first-order valence-electron chi connectivity index (χ1n) is 4.02. The second-order valence-electron chi connectivity index (χ2n) is 2.82. The minimum atomic E-state index is -0.750. The molecule has 0 spiro atoms. The molecule has 68 valence electrons. The van der Waals surface area contributed by atoms with E-state index in [1.807, 2.05) is 12.1 Å². The predicted octanol–water partition coefficient (Wildman–Crippen LogP) is -0.307. The lowest BCUT2D eigenvalue weighted by molar-refractivity contribution is -0.213. The van der Waals surface area contributed by atoms with Gasteiger partial charge in [0.15, 0.2) is 5.75 Å². The molecular formula is C8H9BO4. The van der Waals surface area contributed by atoms with Crippen molar-refractivity contribution in [3.8, 4) is 5.75 Å². The molecule has 13 heavy (non-hydrogen) atoms. The maximum Gasteiger partial charge on any atom is 0.432 e. The fourth-order valence-electron chi connectivity index (χ4n) is 1.55. The Hall–Kier alpha value is -1.04. The fraction of sp³-hybridized carbons (Fsp3) is 0.250. The molecule has 1 aliphatic heterocycles. The van der Waals surface area contributed by atoms with Crippen LogP contribution in [-0.4, -0.2) is 24.3 Å². The number of hydrogen-bond acceptors (Lipinski definition) is 4. The van der Waals surface area contributed by atoms with Crippen molar-refractivity contribution in [2.45, 2.75) is 5.92 Å². The molecule has 3 rings (SSSR count). The fourth-order valence-corrected chi connectivity index (χ4v) is 1.55. The molecule has 4 nitrogen and oxygen atoms in total. The topological polar surface area (TPSA) is 58.9 Å². The molecule has 0 fully saturated rings. The zero-order valence-electron chi connectivity index (χ0n) is 6.93. The Morgan fingerprint density at radius 1 is 1.38 bits per heavy atom. The summed E-state index contributed by atoms with van der Waals surface area (Å²) in [5.41, 5.74) is 2.75. The maximum absolute atomic E-state index is 7.12. The van der Waals surface area contributed by atoms with Crippen molar-refractivity contribution in [1.82, 2.24) is 0 Å². The van der Waals surface area contributed by atoms with E-state index in [-0.39, 0.29) is 0 Å². The molecule has 0 bridgehead atoms. The molecule has 1 atom stereocenters. The van der Waals surface area contributed by atoms with Crippen molar-refractivity contribution in [2.24, 2.45) is 0 Å². The van der Waals surface area contributed by atoms with Gasteiger partial charge in [-0.2, -0.15) is 4.89 Å². The van der Waals surface area contributed by atoms with E-state index in [0.29, 0.717) is 12.5 Å². The van der Waals surface area contributed by atoms with E-state index in [9.17, 15) is 0 Å². The normalized spacial score (nSPS) is 20.3. The predicted molar refractivity (Wildman–Crippen MR) is 46.5 cm³/mol. The zero-order chi connectivity index (χ0) is 9.26. The van der Waals surface area contributed by atoms with E-state index < -0.39 is 7.69 Å². The summed E-state index contributed by atoms with van der Waals surface area (Å²) in [6, 6.07) is 6.07. The third-order valence-corrected chi connectivity index (χ3v) is 2.12. The number of rotatable bonds is 0. The summed E-state index contributed by atoms with van der Waals surface area (Å²) in [6.07, 6.45) is 0. The summed E-state index contributed by atoms with van der Waals surface area (Å²) >= 11 is 0. The highest BCUT2D eigenvalue weighted by Gasteiger charge is 2.40. The van der Waals surface area contributed by atoms with Crippen LogP contribution in [0.15, 0.2) is 18.2 Å². The van der Waals surface area contributed by atoms with Crippen LogP contribution in [0.5, 0.6) is 5.75 Å². The molecule has 1 aromatic carbocycles. The van der Waals surface area contributed by atoms with Crippen LogP contribution in [0, 0.1) is 0 Å². The van der Waals surface area contributed by atoms with E-state index >= 15 is 0 Å². The second kappa shape index (κ2) is 3.37. The molecule has 0 saturated carbocycles. The van der Waals surface area contributed by atoms with Crippen LogP contribution in [0.25, 0.3) is 0 Å². The first-order chi connectivity index (χ1) is 6.38. The molecule has 1 aliphatic carbocycles. The van der Waals surface area contributed by atoms with Gasteiger partial charge in [-0.1, -0.05) is 12.1 Å². The first-order valence-corrected chi connectivity index (χ1v) is 4.02. The van der Waals surface area contributed by atoms with E-state index in [4.69, 9.17) is 19.8 Å². The minimum absolute atomic E-state index is 0.554. The van der Waals surface area contributed by atoms with Gasteiger partial charge in [-0.05, 0) is 11.6 Å². The standard InChI is InChI=1S/C8H6O2.BH3O2/c1-2-5-6-4-9-10-7(3-1)8(5)6;2-1-3/h1-3,6H,4H2;1-3H. The van der Waals surface area contributed by atoms with Gasteiger partial charge < -0.3 is 14.9 Å². The van der Waals surface area contributed by atoms with Gasteiger partial charge in [-0.25, -0.2) is 0 Å². The van der Waals surface area contributed by atoms with Crippen molar-refractivity contribution in [2.75, 3.05) is 6.61 Å². The molecule has 1 unspecified atom stereocenters. The monoisotopic (exact) mass is 180 g/mol. The molecule has 1 heterocycles. The minimum Gasteiger partial charge on any atom is -0.430 e. The highest BCUT2D eigenvalue weighted by molar-refractivity contribution is 6.13. The first kappa shape index (κ1) is 8.56. The molecule has 5 heteroatoms. The van der Waals surface area contributed by atoms with Crippen LogP contribution in [0.1, 0.15) is 17.0 Å². The van der Waals surface area contributed by atoms with Gasteiger partial charge >= 0.3 is 7.69 Å². The van der Waals surface area contributed by atoms with Crippen molar-refractivity contribution < 1.29 is 19.8 Å². The lowest BCUT2D eigenvalue weighted by atomic mass is 10.3. The smallest absolute Gasteiger partial charge is 0.430 e. The quantitative estimate of drug-likeness (QED) is 0.424. The van der Waals surface area contributed by atoms with Crippen molar-refractivity contribution >= 4 is 7.69 Å². The summed E-state index contributed by atoms with van der Waals surface area (Å²) in [7, 11) is -0.750. The number of hydrogen-bond donors (Lipinski definition) is 2. The average Bonchev–Trinajstić information content (AvgIpc) is 2.84. The van der Waals surface area contributed by atoms with Crippen molar-refractivity contribution in [3.63, 3.8) is 0 Å². The van der Waals surface area contributed by atoms with Crippen LogP contribution in [-0.2, 0) is 4.89 Å². The van der Waals surface area contributed by atoms with Crippen LogP contribution < -0.4 is 4.89 Å². The number of benzene rings is 1. The largest absolute Gasteiger partial charge is 0.432 e. The molecule has 0 saturated heterocycles. The summed E-state index contributed by atoms with van der Waals surface area (Å²) in [5, 5.41) is 14.2. The van der Waals surface area contributed by atoms with E-state index in [1.165, 1.54) is 11.1 Å². The van der Waals surface area contributed by atoms with Crippen LogP contribution in [0.3, 0.4) is 0 Å². The van der Waals surface area contributed by atoms with E-state index in [1.54, 1.807) is 0 Å². The molecule has 2 aliphatic rings. The Bertz CT molecular complexity index is 315. The Kier molecular flexibility index (Phi) is 2.22. The van der Waals surface area contributed by atoms with Crippen molar-refractivity contribution in [3.05, 3.63) is 29.3 Å². The molecule has 0 aromatic heterocycles. The second-order valence-corrected chi connectivity index (χ2v) is 2.82. The summed E-state index contributed by atoms with van der Waals surface area (Å²) in [4.78, 5) is 9.84. The lowest BCUT2D eigenvalue weighted by Crippen LogP contribution is -2.04. The SMILES string of the molecule is OBO.c1cc2c3c(c1)C3COO2. The molecule has 0 radical (unpaired) electrons. The van der Waals surface area contributed by atoms with Gasteiger partial charge in [0, 0.05) is 11.5 Å². The average molecular weight is 180 g/mol. The molecule has 0 amide bonds. The van der Waals surface area contributed by atoms with Gasteiger partial charge in [0.25, 0.3) is 0 Å². The Morgan fingerprint density at radius 2 is 2.15 bits per heavy atom. The zero-order valence-corrected chi connectivity index (χ0v) is 6.93. The van der Waals surface area contributed by atoms with Crippen molar-refractivity contribution in [1.29, 1.82) is 0 Å². The van der Waals surface area contributed by atoms with Crippen LogP contribution in [0.4, 0.5) is 0 Å². The van der Waals surface area contributed by atoms with Gasteiger partial charge in [0.05, 0.1) is 0 Å². The number of fused-ring (bicyclic) bond motifs is 1. The maximum atomic E-state index is 7.12. The molecule has 2 N–H and O–H groups in total. The van der Waals surface area contributed by atoms with Crippen LogP contribution in [0.2, 0.25) is 0 Å². The molecular weight excluding hydrogens is 171 g/mol. The van der Waals surface area contributed by atoms with Gasteiger partial charge in [-0.15, -0.1) is 0 Å². The Balaban J connectivity index is 0.000000196.